The van der Waals surface area contributed by atoms with Crippen LogP contribution in [-0.2, 0) is 6.42 Å². The first-order valence-corrected chi connectivity index (χ1v) is 5.45. The molecule has 0 bridgehead atoms. The van der Waals surface area contributed by atoms with E-state index in [1.807, 2.05) is 24.3 Å². The van der Waals surface area contributed by atoms with Crippen molar-refractivity contribution in [1.29, 1.82) is 0 Å². The van der Waals surface area contributed by atoms with Crippen LogP contribution in [0.3, 0.4) is 0 Å². The fourth-order valence-corrected chi connectivity index (χ4v) is 2.47. The molecule has 0 saturated heterocycles. The highest BCUT2D eigenvalue weighted by molar-refractivity contribution is 5.48. The van der Waals surface area contributed by atoms with Crippen molar-refractivity contribution in [2.75, 3.05) is 0 Å². The summed E-state index contributed by atoms with van der Waals surface area (Å²) >= 11 is 0. The van der Waals surface area contributed by atoms with Crippen LogP contribution in [0, 0.1) is 0 Å². The van der Waals surface area contributed by atoms with Gasteiger partial charge >= 0.3 is 0 Å². The molecule has 0 amide bonds. The minimum Gasteiger partial charge on any atom is -0.316 e. The van der Waals surface area contributed by atoms with Gasteiger partial charge in [0.25, 0.3) is 0 Å². The first kappa shape index (κ1) is 9.58. The van der Waals surface area contributed by atoms with Gasteiger partial charge in [-0.2, -0.15) is 5.48 Å². The van der Waals surface area contributed by atoms with Crippen LogP contribution in [-0.4, -0.2) is 5.21 Å². The molecular weight excluding hydrogens is 198 g/mol. The van der Waals surface area contributed by atoms with Gasteiger partial charge in [0.05, 0.1) is 6.04 Å². The Morgan fingerprint density at radius 1 is 0.875 bits per heavy atom. The zero-order valence-corrected chi connectivity index (χ0v) is 8.85. The second-order valence-corrected chi connectivity index (χ2v) is 4.14. The Balaban J connectivity index is 2.19. The van der Waals surface area contributed by atoms with Gasteiger partial charge in [-0.05, 0) is 28.7 Å². The summed E-state index contributed by atoms with van der Waals surface area (Å²) in [7, 11) is 0. The number of hydroxylamine groups is 1. The monoisotopic (exact) mass is 211 g/mol. The molecule has 0 saturated carbocycles. The lowest BCUT2D eigenvalue weighted by Gasteiger charge is -2.27. The molecule has 0 spiro atoms. The van der Waals surface area contributed by atoms with E-state index < -0.39 is 0 Å². The number of nitrogens with one attached hydrogen (secondary N) is 1. The lowest BCUT2D eigenvalue weighted by molar-refractivity contribution is 0.139. The number of benzene rings is 2. The molecule has 2 aromatic carbocycles. The topological polar surface area (TPSA) is 32.3 Å². The van der Waals surface area contributed by atoms with Crippen LogP contribution in [0.2, 0.25) is 0 Å². The first-order valence-electron chi connectivity index (χ1n) is 5.45. The average Bonchev–Trinajstić information content (AvgIpc) is 2.36. The fourth-order valence-electron chi connectivity index (χ4n) is 2.47. The SMILES string of the molecule is ONC1c2ccccc2Cc2ccccc21. The van der Waals surface area contributed by atoms with Crippen molar-refractivity contribution in [2.45, 2.75) is 12.5 Å². The van der Waals surface area contributed by atoms with Crippen molar-refractivity contribution in [2.24, 2.45) is 0 Å². The molecule has 0 aromatic heterocycles. The van der Waals surface area contributed by atoms with E-state index >= 15 is 0 Å². The minimum atomic E-state index is -0.0962. The third-order valence-electron chi connectivity index (χ3n) is 3.24. The van der Waals surface area contributed by atoms with Gasteiger partial charge in [0.15, 0.2) is 0 Å². The molecule has 3 rings (SSSR count). The molecule has 80 valence electrons. The predicted octanol–water partition coefficient (Wildman–Crippen LogP) is 2.66. The smallest absolute Gasteiger partial charge is 0.0824 e. The lowest BCUT2D eigenvalue weighted by Crippen LogP contribution is -2.24. The third kappa shape index (κ3) is 1.35. The molecule has 2 nitrogen and oxygen atoms in total. The van der Waals surface area contributed by atoms with Crippen LogP contribution in [0.4, 0.5) is 0 Å². The first-order chi connectivity index (χ1) is 7.90. The van der Waals surface area contributed by atoms with Crippen molar-refractivity contribution in [3.8, 4) is 0 Å². The van der Waals surface area contributed by atoms with Crippen LogP contribution in [0.5, 0.6) is 0 Å². The maximum Gasteiger partial charge on any atom is 0.0824 e. The molecule has 0 atom stereocenters. The summed E-state index contributed by atoms with van der Waals surface area (Å²) in [4.78, 5) is 0. The Hall–Kier alpha value is -1.64. The van der Waals surface area contributed by atoms with Gasteiger partial charge < -0.3 is 5.21 Å². The highest BCUT2D eigenvalue weighted by Gasteiger charge is 2.23. The Labute approximate surface area is 94.5 Å². The molecule has 0 unspecified atom stereocenters. The van der Waals surface area contributed by atoms with Gasteiger partial charge in [0.2, 0.25) is 0 Å². The summed E-state index contributed by atoms with van der Waals surface area (Å²) < 4.78 is 0. The second-order valence-electron chi connectivity index (χ2n) is 4.14. The number of hydrogen-bond donors (Lipinski definition) is 2. The van der Waals surface area contributed by atoms with E-state index in [4.69, 9.17) is 0 Å². The van der Waals surface area contributed by atoms with Gasteiger partial charge in [0, 0.05) is 0 Å². The summed E-state index contributed by atoms with van der Waals surface area (Å²) in [6.45, 7) is 0. The van der Waals surface area contributed by atoms with E-state index in [0.717, 1.165) is 6.42 Å². The highest BCUT2D eigenvalue weighted by atomic mass is 16.5. The van der Waals surface area contributed by atoms with E-state index in [2.05, 4.69) is 29.7 Å². The lowest BCUT2D eigenvalue weighted by atomic mass is 9.83. The Kier molecular flexibility index (Phi) is 2.24. The zero-order valence-electron chi connectivity index (χ0n) is 8.85. The molecule has 2 aromatic rings. The standard InChI is InChI=1S/C14H13NO/c16-15-14-12-7-3-1-5-10(12)9-11-6-2-4-8-13(11)14/h1-8,14-16H,9H2. The van der Waals surface area contributed by atoms with Gasteiger partial charge in [-0.25, -0.2) is 0 Å². The molecule has 2 heteroatoms. The van der Waals surface area contributed by atoms with Crippen LogP contribution in [0.1, 0.15) is 28.3 Å². The van der Waals surface area contributed by atoms with Crippen molar-refractivity contribution in [3.63, 3.8) is 0 Å². The van der Waals surface area contributed by atoms with Gasteiger partial charge in [-0.3, -0.25) is 0 Å². The number of hydrogen-bond acceptors (Lipinski definition) is 2. The molecule has 0 heterocycles. The highest BCUT2D eigenvalue weighted by Crippen LogP contribution is 2.34. The molecule has 0 aliphatic heterocycles. The summed E-state index contributed by atoms with van der Waals surface area (Å²) in [5, 5.41) is 9.33. The van der Waals surface area contributed by atoms with Gasteiger partial charge in [0.1, 0.15) is 0 Å². The minimum absolute atomic E-state index is 0.0962. The van der Waals surface area contributed by atoms with Crippen molar-refractivity contribution in [1.82, 2.24) is 5.48 Å². The summed E-state index contributed by atoms with van der Waals surface area (Å²) in [6, 6.07) is 16.4. The average molecular weight is 211 g/mol. The molecule has 16 heavy (non-hydrogen) atoms. The summed E-state index contributed by atoms with van der Waals surface area (Å²) in [5.41, 5.74) is 7.33. The second kappa shape index (κ2) is 3.74. The van der Waals surface area contributed by atoms with Crippen LogP contribution >= 0.6 is 0 Å². The largest absolute Gasteiger partial charge is 0.316 e. The van der Waals surface area contributed by atoms with E-state index in [9.17, 15) is 5.21 Å². The quantitative estimate of drug-likeness (QED) is 0.711. The molecule has 0 radical (unpaired) electrons. The van der Waals surface area contributed by atoms with Crippen molar-refractivity contribution in [3.05, 3.63) is 70.8 Å². The third-order valence-corrected chi connectivity index (χ3v) is 3.24. The Bertz CT molecular complexity index is 476. The molecule has 2 N–H and O–H groups in total. The molecule has 0 fully saturated rings. The van der Waals surface area contributed by atoms with Crippen LogP contribution in [0.15, 0.2) is 48.5 Å². The van der Waals surface area contributed by atoms with Crippen molar-refractivity contribution >= 4 is 0 Å². The summed E-state index contributed by atoms with van der Waals surface area (Å²) in [6.07, 6.45) is 0.949. The zero-order chi connectivity index (χ0) is 11.0. The van der Waals surface area contributed by atoms with Gasteiger partial charge in [-0.15, -0.1) is 0 Å². The molecule has 1 aliphatic carbocycles. The van der Waals surface area contributed by atoms with Gasteiger partial charge in [-0.1, -0.05) is 48.5 Å². The maximum absolute atomic E-state index is 9.33. The number of fused-ring (bicyclic) bond motifs is 2. The molecular formula is C14H13NO. The van der Waals surface area contributed by atoms with E-state index in [1.54, 1.807) is 0 Å². The van der Waals surface area contributed by atoms with Crippen molar-refractivity contribution < 1.29 is 5.21 Å². The van der Waals surface area contributed by atoms with Crippen LogP contribution in [0.25, 0.3) is 0 Å². The number of rotatable bonds is 1. The van der Waals surface area contributed by atoms with E-state index in [-0.39, 0.29) is 6.04 Å². The fraction of sp³-hybridized carbons (Fsp3) is 0.143. The van der Waals surface area contributed by atoms with Crippen LogP contribution < -0.4 is 5.48 Å². The predicted molar refractivity (Wildman–Crippen MR) is 62.5 cm³/mol. The Morgan fingerprint density at radius 2 is 1.38 bits per heavy atom. The Morgan fingerprint density at radius 3 is 1.88 bits per heavy atom. The molecule has 1 aliphatic rings. The summed E-state index contributed by atoms with van der Waals surface area (Å²) in [5.74, 6) is 0. The van der Waals surface area contributed by atoms with E-state index in [0.29, 0.717) is 0 Å². The van der Waals surface area contributed by atoms with E-state index in [1.165, 1.54) is 22.3 Å². The normalized spacial score (nSPS) is 14.3. The maximum atomic E-state index is 9.33.